The van der Waals surface area contributed by atoms with Gasteiger partial charge < -0.3 is 0 Å². The topological polar surface area (TPSA) is 30.2 Å². The van der Waals surface area contributed by atoms with Crippen molar-refractivity contribution in [2.75, 3.05) is 0 Å². The number of imidazole rings is 1. The third-order valence-electron chi connectivity index (χ3n) is 2.17. The molecule has 2 aromatic heterocycles. The molecule has 0 saturated carbocycles. The summed E-state index contributed by atoms with van der Waals surface area (Å²) in [6.45, 7) is 6.19. The van der Waals surface area contributed by atoms with Gasteiger partial charge in [-0.1, -0.05) is 25.4 Å². The number of hydrogen-bond acceptors (Lipinski definition) is 2. The van der Waals surface area contributed by atoms with Crippen molar-refractivity contribution < 1.29 is 0 Å². The zero-order valence-corrected chi connectivity index (χ0v) is 9.21. The highest BCUT2D eigenvalue weighted by Gasteiger charge is 2.10. The minimum Gasteiger partial charge on any atom is -0.232 e. The van der Waals surface area contributed by atoms with Crippen molar-refractivity contribution in [3.05, 3.63) is 28.7 Å². The Kier molecular flexibility index (Phi) is 2.19. The van der Waals surface area contributed by atoms with Crippen LogP contribution in [0.5, 0.6) is 0 Å². The molecule has 0 radical (unpaired) electrons. The highest BCUT2D eigenvalue weighted by Crippen LogP contribution is 2.22. The van der Waals surface area contributed by atoms with E-state index in [4.69, 9.17) is 11.6 Å². The maximum absolute atomic E-state index is 5.92. The molecule has 4 heteroatoms. The van der Waals surface area contributed by atoms with Crippen molar-refractivity contribution in [3.8, 4) is 0 Å². The van der Waals surface area contributed by atoms with E-state index in [1.54, 1.807) is 4.52 Å². The zero-order chi connectivity index (χ0) is 10.3. The normalized spacial score (nSPS) is 11.5. The first-order valence-electron chi connectivity index (χ1n) is 4.60. The predicted molar refractivity (Wildman–Crippen MR) is 56.8 cm³/mol. The first-order chi connectivity index (χ1) is 6.58. The lowest BCUT2D eigenvalue weighted by molar-refractivity contribution is 0.835. The van der Waals surface area contributed by atoms with Gasteiger partial charge >= 0.3 is 0 Å². The van der Waals surface area contributed by atoms with Crippen LogP contribution in [0.25, 0.3) is 5.65 Å². The van der Waals surface area contributed by atoms with Gasteiger partial charge in [-0.3, -0.25) is 0 Å². The third-order valence-corrected chi connectivity index (χ3v) is 2.35. The first-order valence-corrected chi connectivity index (χ1v) is 4.98. The molecule has 2 aromatic rings. The molecule has 2 heterocycles. The molecule has 0 unspecified atom stereocenters. The number of aromatic nitrogens is 3. The SMILES string of the molecule is Cc1cn2nc(Cl)cc(C(C)C)c2n1. The lowest BCUT2D eigenvalue weighted by atomic mass is 10.1. The minimum absolute atomic E-state index is 0.403. The van der Waals surface area contributed by atoms with Crippen LogP contribution in [0.4, 0.5) is 0 Å². The van der Waals surface area contributed by atoms with Gasteiger partial charge in [0.05, 0.1) is 11.9 Å². The Balaban J connectivity index is 2.79. The van der Waals surface area contributed by atoms with Gasteiger partial charge in [-0.05, 0) is 18.9 Å². The standard InChI is InChI=1S/C10H12ClN3/c1-6(2)8-4-9(11)13-14-5-7(3)12-10(8)14/h4-6H,1-3H3. The van der Waals surface area contributed by atoms with Gasteiger partial charge in [0.2, 0.25) is 0 Å². The average Bonchev–Trinajstić information content (AvgIpc) is 2.42. The molecule has 3 nitrogen and oxygen atoms in total. The molecule has 0 aliphatic heterocycles. The van der Waals surface area contributed by atoms with Crippen LogP contribution in [-0.4, -0.2) is 14.6 Å². The Bertz CT molecular complexity index is 473. The van der Waals surface area contributed by atoms with E-state index < -0.39 is 0 Å². The molecule has 0 N–H and O–H groups in total. The highest BCUT2D eigenvalue weighted by molar-refractivity contribution is 6.29. The van der Waals surface area contributed by atoms with Gasteiger partial charge in [-0.25, -0.2) is 9.50 Å². The smallest absolute Gasteiger partial charge is 0.157 e. The van der Waals surface area contributed by atoms with Gasteiger partial charge in [0, 0.05) is 5.56 Å². The maximum Gasteiger partial charge on any atom is 0.157 e. The molecule has 0 atom stereocenters. The van der Waals surface area contributed by atoms with E-state index in [0.29, 0.717) is 11.1 Å². The van der Waals surface area contributed by atoms with E-state index in [2.05, 4.69) is 23.9 Å². The molecule has 0 saturated heterocycles. The molecule has 0 spiro atoms. The molecule has 74 valence electrons. The number of aryl methyl sites for hydroxylation is 1. The number of hydrogen-bond donors (Lipinski definition) is 0. The summed E-state index contributed by atoms with van der Waals surface area (Å²) < 4.78 is 1.74. The number of rotatable bonds is 1. The number of fused-ring (bicyclic) bond motifs is 1. The monoisotopic (exact) mass is 209 g/mol. The summed E-state index contributed by atoms with van der Waals surface area (Å²) in [6.07, 6.45) is 1.88. The second kappa shape index (κ2) is 3.24. The maximum atomic E-state index is 5.92. The van der Waals surface area contributed by atoms with Crippen LogP contribution in [-0.2, 0) is 0 Å². The zero-order valence-electron chi connectivity index (χ0n) is 8.45. The fourth-order valence-corrected chi connectivity index (χ4v) is 1.71. The average molecular weight is 210 g/mol. The van der Waals surface area contributed by atoms with E-state index in [1.165, 1.54) is 0 Å². The predicted octanol–water partition coefficient (Wildman–Crippen LogP) is 2.81. The van der Waals surface area contributed by atoms with Crippen LogP contribution in [0.15, 0.2) is 12.3 Å². The Hall–Kier alpha value is -1.09. The summed E-state index contributed by atoms with van der Waals surface area (Å²) in [5.41, 5.74) is 3.00. The van der Waals surface area contributed by atoms with Gasteiger partial charge in [-0.2, -0.15) is 5.10 Å². The molecule has 0 amide bonds. The Morgan fingerprint density at radius 3 is 2.79 bits per heavy atom. The molecule has 0 fully saturated rings. The van der Waals surface area contributed by atoms with E-state index in [-0.39, 0.29) is 0 Å². The van der Waals surface area contributed by atoms with Crippen LogP contribution in [0.3, 0.4) is 0 Å². The minimum atomic E-state index is 0.403. The molecule has 0 aliphatic rings. The fourth-order valence-electron chi connectivity index (χ4n) is 1.51. The Morgan fingerprint density at radius 2 is 2.14 bits per heavy atom. The third kappa shape index (κ3) is 1.48. The van der Waals surface area contributed by atoms with Crippen LogP contribution < -0.4 is 0 Å². The van der Waals surface area contributed by atoms with Crippen molar-refractivity contribution in [3.63, 3.8) is 0 Å². The summed E-state index contributed by atoms with van der Waals surface area (Å²) in [5.74, 6) is 0.403. The quantitative estimate of drug-likeness (QED) is 0.723. The molecule has 2 rings (SSSR count). The Morgan fingerprint density at radius 1 is 1.43 bits per heavy atom. The van der Waals surface area contributed by atoms with Gasteiger partial charge in [-0.15, -0.1) is 0 Å². The Labute approximate surface area is 87.7 Å². The summed E-state index contributed by atoms with van der Waals surface area (Å²) in [6, 6.07) is 1.88. The molecule has 0 aliphatic carbocycles. The largest absolute Gasteiger partial charge is 0.232 e. The summed E-state index contributed by atoms with van der Waals surface area (Å²) in [7, 11) is 0. The lowest BCUT2D eigenvalue weighted by Gasteiger charge is -2.06. The number of halogens is 1. The van der Waals surface area contributed by atoms with Crippen molar-refractivity contribution in [1.82, 2.24) is 14.6 Å². The second-order valence-electron chi connectivity index (χ2n) is 3.73. The summed E-state index contributed by atoms with van der Waals surface area (Å²) in [5, 5.41) is 4.67. The summed E-state index contributed by atoms with van der Waals surface area (Å²) >= 11 is 5.92. The molecule has 0 bridgehead atoms. The highest BCUT2D eigenvalue weighted by atomic mass is 35.5. The molecular formula is C10H12ClN3. The van der Waals surface area contributed by atoms with Crippen LogP contribution in [0, 0.1) is 6.92 Å². The van der Waals surface area contributed by atoms with Crippen LogP contribution in [0.1, 0.15) is 31.0 Å². The second-order valence-corrected chi connectivity index (χ2v) is 4.11. The lowest BCUT2D eigenvalue weighted by Crippen LogP contribution is -1.98. The van der Waals surface area contributed by atoms with Crippen LogP contribution >= 0.6 is 11.6 Å². The van der Waals surface area contributed by atoms with Gasteiger partial charge in [0.25, 0.3) is 0 Å². The molecular weight excluding hydrogens is 198 g/mol. The van der Waals surface area contributed by atoms with E-state index in [0.717, 1.165) is 16.9 Å². The molecule has 0 aromatic carbocycles. The fraction of sp³-hybridized carbons (Fsp3) is 0.400. The van der Waals surface area contributed by atoms with Crippen molar-refractivity contribution in [1.29, 1.82) is 0 Å². The van der Waals surface area contributed by atoms with Crippen molar-refractivity contribution >= 4 is 17.2 Å². The summed E-state index contributed by atoms with van der Waals surface area (Å²) in [4.78, 5) is 4.42. The van der Waals surface area contributed by atoms with Crippen LogP contribution in [0.2, 0.25) is 5.15 Å². The first kappa shape index (κ1) is 9.46. The van der Waals surface area contributed by atoms with Crippen molar-refractivity contribution in [2.45, 2.75) is 26.7 Å². The van der Waals surface area contributed by atoms with Gasteiger partial charge in [0.1, 0.15) is 5.15 Å². The molecule has 14 heavy (non-hydrogen) atoms. The van der Waals surface area contributed by atoms with E-state index in [9.17, 15) is 0 Å². The van der Waals surface area contributed by atoms with Gasteiger partial charge in [0.15, 0.2) is 5.65 Å². The number of nitrogens with zero attached hydrogens (tertiary/aromatic N) is 3. The van der Waals surface area contributed by atoms with E-state index >= 15 is 0 Å². The van der Waals surface area contributed by atoms with E-state index in [1.807, 2.05) is 19.2 Å². The van der Waals surface area contributed by atoms with Crippen molar-refractivity contribution in [2.24, 2.45) is 0 Å².